The normalized spacial score (nSPS) is 12.6. The second kappa shape index (κ2) is 9.47. The van der Waals surface area contributed by atoms with Crippen molar-refractivity contribution in [3.05, 3.63) is 0 Å². The molecule has 6 nitrogen and oxygen atoms in total. The molecule has 0 aromatic carbocycles. The smallest absolute Gasteiger partial charge is 0.407 e. The van der Waals surface area contributed by atoms with E-state index in [-0.39, 0.29) is 12.0 Å². The molecule has 6 heteroatoms. The standard InChI is InChI=1S/C15H32N4O2/c1-8-16-13(17-9-2)18-10-12(11(3)4)19-14(20)21-15(5,6)7/h11-12H,8-10H2,1-7H3,(H,19,20)(H2,16,17,18). The molecule has 0 saturated carbocycles. The molecular formula is C15H32N4O2. The SMILES string of the molecule is CCNC(=NCC(NC(=O)OC(C)(C)C)C(C)C)NCC. The van der Waals surface area contributed by atoms with Gasteiger partial charge in [0.25, 0.3) is 0 Å². The van der Waals surface area contributed by atoms with Crippen molar-refractivity contribution in [1.82, 2.24) is 16.0 Å². The van der Waals surface area contributed by atoms with Crippen molar-refractivity contribution in [2.45, 2.75) is 60.1 Å². The first-order valence-electron chi connectivity index (χ1n) is 7.71. The van der Waals surface area contributed by atoms with Gasteiger partial charge in [0, 0.05) is 13.1 Å². The number of ether oxygens (including phenoxy) is 1. The highest BCUT2D eigenvalue weighted by molar-refractivity contribution is 5.79. The van der Waals surface area contributed by atoms with Crippen LogP contribution in [-0.4, -0.2) is 43.3 Å². The number of hydrogen-bond acceptors (Lipinski definition) is 3. The average Bonchev–Trinajstić information content (AvgIpc) is 2.32. The topological polar surface area (TPSA) is 74.8 Å². The van der Waals surface area contributed by atoms with Crippen LogP contribution in [-0.2, 0) is 4.74 Å². The van der Waals surface area contributed by atoms with E-state index in [1.807, 2.05) is 34.6 Å². The van der Waals surface area contributed by atoms with Gasteiger partial charge in [-0.05, 0) is 40.5 Å². The van der Waals surface area contributed by atoms with Gasteiger partial charge in [-0.3, -0.25) is 4.99 Å². The van der Waals surface area contributed by atoms with Crippen LogP contribution in [0, 0.1) is 5.92 Å². The summed E-state index contributed by atoms with van der Waals surface area (Å²) in [5.74, 6) is 1.03. The maximum atomic E-state index is 11.9. The van der Waals surface area contributed by atoms with E-state index in [1.165, 1.54) is 0 Å². The molecule has 0 spiro atoms. The molecule has 1 amide bonds. The Balaban J connectivity index is 4.61. The molecule has 0 heterocycles. The Bertz CT molecular complexity index is 327. The molecule has 0 fully saturated rings. The monoisotopic (exact) mass is 300 g/mol. The maximum Gasteiger partial charge on any atom is 0.407 e. The molecule has 0 rings (SSSR count). The Morgan fingerprint density at radius 3 is 2.05 bits per heavy atom. The molecule has 0 aliphatic carbocycles. The number of amides is 1. The molecule has 1 unspecified atom stereocenters. The molecular weight excluding hydrogens is 268 g/mol. The average molecular weight is 300 g/mol. The number of nitrogens with one attached hydrogen (secondary N) is 3. The minimum absolute atomic E-state index is 0.0628. The van der Waals surface area contributed by atoms with E-state index >= 15 is 0 Å². The van der Waals surface area contributed by atoms with Gasteiger partial charge in [-0.15, -0.1) is 0 Å². The fourth-order valence-electron chi connectivity index (χ4n) is 1.58. The number of carbonyl (C=O) groups is 1. The van der Waals surface area contributed by atoms with Crippen LogP contribution >= 0.6 is 0 Å². The highest BCUT2D eigenvalue weighted by Crippen LogP contribution is 2.08. The molecule has 0 aliphatic rings. The summed E-state index contributed by atoms with van der Waals surface area (Å²) in [4.78, 5) is 16.4. The van der Waals surface area contributed by atoms with Crippen molar-refractivity contribution in [3.63, 3.8) is 0 Å². The minimum Gasteiger partial charge on any atom is -0.444 e. The molecule has 0 aromatic rings. The third-order valence-electron chi connectivity index (χ3n) is 2.64. The van der Waals surface area contributed by atoms with E-state index in [0.717, 1.165) is 19.0 Å². The number of aliphatic imine (C=N–C) groups is 1. The van der Waals surface area contributed by atoms with Crippen molar-refractivity contribution in [3.8, 4) is 0 Å². The zero-order chi connectivity index (χ0) is 16.5. The van der Waals surface area contributed by atoms with Gasteiger partial charge in [-0.2, -0.15) is 0 Å². The summed E-state index contributed by atoms with van der Waals surface area (Å²) < 4.78 is 5.29. The van der Waals surface area contributed by atoms with Gasteiger partial charge in [0.2, 0.25) is 0 Å². The van der Waals surface area contributed by atoms with Crippen LogP contribution in [0.1, 0.15) is 48.5 Å². The molecule has 0 radical (unpaired) electrons. The number of carbonyl (C=O) groups excluding carboxylic acids is 1. The molecule has 0 bridgehead atoms. The fraction of sp³-hybridized carbons (Fsp3) is 0.867. The number of rotatable bonds is 6. The van der Waals surface area contributed by atoms with Gasteiger partial charge in [0.05, 0.1) is 12.6 Å². The predicted molar refractivity (Wildman–Crippen MR) is 87.7 cm³/mol. The van der Waals surface area contributed by atoms with Gasteiger partial charge < -0.3 is 20.7 Å². The quantitative estimate of drug-likeness (QED) is 0.519. The molecule has 124 valence electrons. The van der Waals surface area contributed by atoms with Crippen LogP contribution in [0.25, 0.3) is 0 Å². The van der Waals surface area contributed by atoms with Crippen LogP contribution in [0.2, 0.25) is 0 Å². The van der Waals surface area contributed by atoms with Gasteiger partial charge in [-0.1, -0.05) is 13.8 Å². The van der Waals surface area contributed by atoms with E-state index in [0.29, 0.717) is 6.54 Å². The number of guanidine groups is 1. The van der Waals surface area contributed by atoms with Crippen LogP contribution in [0.5, 0.6) is 0 Å². The number of alkyl carbamates (subject to hydrolysis) is 1. The summed E-state index contributed by atoms with van der Waals surface area (Å²) in [6.45, 7) is 15.8. The second-order valence-corrected chi connectivity index (χ2v) is 6.25. The maximum absolute atomic E-state index is 11.9. The van der Waals surface area contributed by atoms with Crippen molar-refractivity contribution in [2.75, 3.05) is 19.6 Å². The van der Waals surface area contributed by atoms with E-state index < -0.39 is 11.7 Å². The first-order chi connectivity index (χ1) is 9.69. The lowest BCUT2D eigenvalue weighted by Crippen LogP contribution is -2.44. The first kappa shape index (κ1) is 19.5. The summed E-state index contributed by atoms with van der Waals surface area (Å²) in [6, 6.07) is -0.0628. The highest BCUT2D eigenvalue weighted by atomic mass is 16.6. The molecule has 21 heavy (non-hydrogen) atoms. The van der Waals surface area contributed by atoms with Crippen molar-refractivity contribution < 1.29 is 9.53 Å². The lowest BCUT2D eigenvalue weighted by molar-refractivity contribution is 0.0493. The van der Waals surface area contributed by atoms with Crippen LogP contribution in [0.15, 0.2) is 4.99 Å². The molecule has 0 aromatic heterocycles. The summed E-state index contributed by atoms with van der Waals surface area (Å²) in [5.41, 5.74) is -0.492. The van der Waals surface area contributed by atoms with Crippen LogP contribution in [0.4, 0.5) is 4.79 Å². The summed E-state index contributed by atoms with van der Waals surface area (Å²) in [5, 5.41) is 9.22. The van der Waals surface area contributed by atoms with Crippen LogP contribution in [0.3, 0.4) is 0 Å². The van der Waals surface area contributed by atoms with Gasteiger partial charge in [0.1, 0.15) is 5.60 Å². The zero-order valence-electron chi connectivity index (χ0n) is 14.5. The van der Waals surface area contributed by atoms with Gasteiger partial charge in [-0.25, -0.2) is 4.79 Å². The molecule has 3 N–H and O–H groups in total. The minimum atomic E-state index is -0.492. The zero-order valence-corrected chi connectivity index (χ0v) is 14.5. The van der Waals surface area contributed by atoms with E-state index in [4.69, 9.17) is 4.74 Å². The number of nitrogens with zero attached hydrogens (tertiary/aromatic N) is 1. The summed E-state index contributed by atoms with van der Waals surface area (Å²) in [6.07, 6.45) is -0.398. The molecule has 1 atom stereocenters. The van der Waals surface area contributed by atoms with Crippen molar-refractivity contribution in [2.24, 2.45) is 10.9 Å². The Morgan fingerprint density at radius 2 is 1.67 bits per heavy atom. The first-order valence-corrected chi connectivity index (χ1v) is 7.71. The lowest BCUT2D eigenvalue weighted by atomic mass is 10.1. The molecule has 0 aliphatic heterocycles. The Labute approximate surface area is 129 Å². The van der Waals surface area contributed by atoms with Gasteiger partial charge >= 0.3 is 6.09 Å². The lowest BCUT2D eigenvalue weighted by Gasteiger charge is -2.25. The fourth-order valence-corrected chi connectivity index (χ4v) is 1.58. The van der Waals surface area contributed by atoms with E-state index in [1.54, 1.807) is 0 Å². The largest absolute Gasteiger partial charge is 0.444 e. The third-order valence-corrected chi connectivity index (χ3v) is 2.64. The van der Waals surface area contributed by atoms with Crippen molar-refractivity contribution in [1.29, 1.82) is 0 Å². The van der Waals surface area contributed by atoms with E-state index in [9.17, 15) is 4.79 Å². The Kier molecular flexibility index (Phi) is 8.81. The second-order valence-electron chi connectivity index (χ2n) is 6.25. The van der Waals surface area contributed by atoms with Crippen LogP contribution < -0.4 is 16.0 Å². The predicted octanol–water partition coefficient (Wildman–Crippen LogP) is 2.11. The highest BCUT2D eigenvalue weighted by Gasteiger charge is 2.21. The third kappa shape index (κ3) is 9.98. The van der Waals surface area contributed by atoms with E-state index in [2.05, 4.69) is 34.8 Å². The Morgan fingerprint density at radius 1 is 1.14 bits per heavy atom. The Hall–Kier alpha value is -1.46. The summed E-state index contributed by atoms with van der Waals surface area (Å²) in [7, 11) is 0. The summed E-state index contributed by atoms with van der Waals surface area (Å²) >= 11 is 0. The molecule has 0 saturated heterocycles. The number of hydrogen-bond donors (Lipinski definition) is 3. The van der Waals surface area contributed by atoms with Crippen molar-refractivity contribution >= 4 is 12.1 Å². The van der Waals surface area contributed by atoms with Gasteiger partial charge in [0.15, 0.2) is 5.96 Å².